The lowest BCUT2D eigenvalue weighted by atomic mass is 10.1. The van der Waals surface area contributed by atoms with Crippen LogP contribution in [0, 0.1) is 0 Å². The Morgan fingerprint density at radius 1 is 1.30 bits per heavy atom. The number of carbonyl (C=O) groups is 1. The van der Waals surface area contributed by atoms with Gasteiger partial charge in [-0.1, -0.05) is 35.5 Å². The number of ketones is 1. The van der Waals surface area contributed by atoms with E-state index >= 15 is 0 Å². The first-order valence-electron chi connectivity index (χ1n) is 7.28. The molecule has 0 amide bonds. The van der Waals surface area contributed by atoms with E-state index in [0.717, 1.165) is 32.6 Å². The van der Waals surface area contributed by atoms with Crippen LogP contribution in [0.5, 0.6) is 5.75 Å². The van der Waals surface area contributed by atoms with Crippen LogP contribution in [0.3, 0.4) is 0 Å². The van der Waals surface area contributed by atoms with E-state index in [1.807, 2.05) is 30.3 Å². The molecule has 0 bridgehead atoms. The topological polar surface area (TPSA) is 40.5 Å². The summed E-state index contributed by atoms with van der Waals surface area (Å²) in [7, 11) is 0. The van der Waals surface area contributed by atoms with Crippen molar-refractivity contribution in [2.45, 2.75) is 18.2 Å². The van der Waals surface area contributed by atoms with Crippen LogP contribution in [-0.2, 0) is 11.2 Å². The number of halogens is 1. The van der Waals surface area contributed by atoms with E-state index in [9.17, 15) is 9.90 Å². The Labute approximate surface area is 144 Å². The molecule has 3 nitrogen and oxygen atoms in total. The predicted molar refractivity (Wildman–Crippen MR) is 95.2 cm³/mol. The van der Waals surface area contributed by atoms with E-state index in [1.165, 1.54) is 0 Å². The quantitative estimate of drug-likeness (QED) is 0.820. The van der Waals surface area contributed by atoms with Crippen LogP contribution in [-0.4, -0.2) is 17.4 Å². The Morgan fingerprint density at radius 2 is 2.13 bits per heavy atom. The molecule has 1 aliphatic rings. The first kappa shape index (κ1) is 16.0. The van der Waals surface area contributed by atoms with Crippen molar-refractivity contribution >= 4 is 34.8 Å². The summed E-state index contributed by atoms with van der Waals surface area (Å²) in [5, 5.41) is 11.4. The first-order chi connectivity index (χ1) is 11.0. The number of hydrogen-bond acceptors (Lipinski definition) is 4. The summed E-state index contributed by atoms with van der Waals surface area (Å²) in [4.78, 5) is 14.6. The zero-order valence-electron chi connectivity index (χ0n) is 12.6. The van der Waals surface area contributed by atoms with Gasteiger partial charge < -0.3 is 10.0 Å². The van der Waals surface area contributed by atoms with Crippen molar-refractivity contribution < 1.29 is 9.90 Å². The Morgan fingerprint density at radius 3 is 2.87 bits per heavy atom. The monoisotopic (exact) mass is 345 g/mol. The maximum absolute atomic E-state index is 11.5. The van der Waals surface area contributed by atoms with Crippen molar-refractivity contribution in [1.29, 1.82) is 0 Å². The van der Waals surface area contributed by atoms with E-state index in [-0.39, 0.29) is 11.5 Å². The highest BCUT2D eigenvalue weighted by Crippen LogP contribution is 2.47. The maximum Gasteiger partial charge on any atom is 0.155 e. The number of hydrogen-bond donors (Lipinski definition) is 1. The van der Waals surface area contributed by atoms with Crippen LogP contribution >= 0.6 is 23.4 Å². The Bertz CT molecular complexity index is 788. The number of phenolic OH excluding ortho intramolecular Hbond substituents is 1. The van der Waals surface area contributed by atoms with E-state index in [0.29, 0.717) is 6.54 Å². The van der Waals surface area contributed by atoms with Crippen LogP contribution in [0.1, 0.15) is 12.5 Å². The van der Waals surface area contributed by atoms with E-state index in [4.69, 9.17) is 11.6 Å². The fourth-order valence-corrected chi connectivity index (χ4v) is 3.91. The second-order valence-corrected chi connectivity index (χ2v) is 6.88. The van der Waals surface area contributed by atoms with Gasteiger partial charge in [0, 0.05) is 28.6 Å². The van der Waals surface area contributed by atoms with Gasteiger partial charge in [-0.25, -0.2) is 0 Å². The van der Waals surface area contributed by atoms with Crippen molar-refractivity contribution in [1.82, 2.24) is 0 Å². The molecule has 3 rings (SSSR count). The van der Waals surface area contributed by atoms with Crippen molar-refractivity contribution in [2.75, 3.05) is 11.4 Å². The fraction of sp³-hybridized carbons (Fsp3) is 0.167. The van der Waals surface area contributed by atoms with Gasteiger partial charge in [-0.3, -0.25) is 4.79 Å². The second kappa shape index (κ2) is 6.69. The molecule has 1 N–H and O–H groups in total. The lowest BCUT2D eigenvalue weighted by molar-refractivity contribution is -0.112. The summed E-state index contributed by atoms with van der Waals surface area (Å²) in [6, 6.07) is 13.0. The summed E-state index contributed by atoms with van der Waals surface area (Å²) < 4.78 is 0. The predicted octanol–water partition coefficient (Wildman–Crippen LogP) is 4.63. The number of fused-ring (bicyclic) bond motifs is 1. The van der Waals surface area contributed by atoms with E-state index in [1.54, 1.807) is 36.9 Å². The number of rotatable bonds is 4. The highest BCUT2D eigenvalue weighted by Gasteiger charge is 2.25. The molecule has 1 aliphatic heterocycles. The SMILES string of the molecule is CC(=O)/C=C1\Sc2ccc(O)cc2N1CCc1cccc(Cl)c1. The summed E-state index contributed by atoms with van der Waals surface area (Å²) >= 11 is 7.58. The molecule has 0 spiro atoms. The highest BCUT2D eigenvalue weighted by atomic mass is 35.5. The van der Waals surface area contributed by atoms with Gasteiger partial charge in [-0.15, -0.1) is 0 Å². The molecular weight excluding hydrogens is 330 g/mol. The van der Waals surface area contributed by atoms with Gasteiger partial charge in [0.2, 0.25) is 0 Å². The lowest BCUT2D eigenvalue weighted by Crippen LogP contribution is -2.21. The Kier molecular flexibility index (Phi) is 4.64. The van der Waals surface area contributed by atoms with E-state index < -0.39 is 0 Å². The lowest BCUT2D eigenvalue weighted by Gasteiger charge is -2.20. The standard InChI is InChI=1S/C18H16ClNO2S/c1-12(21)9-18-20(8-7-13-3-2-4-14(19)10-13)16-11-15(22)5-6-17(16)23-18/h2-6,9-11,22H,7-8H2,1H3/b18-9-. The van der Waals surface area contributed by atoms with Gasteiger partial charge >= 0.3 is 0 Å². The van der Waals surface area contributed by atoms with Crippen LogP contribution in [0.2, 0.25) is 5.02 Å². The van der Waals surface area contributed by atoms with Crippen LogP contribution in [0.15, 0.2) is 58.5 Å². The molecule has 1 heterocycles. The van der Waals surface area contributed by atoms with Gasteiger partial charge in [-0.05, 0) is 43.2 Å². The second-order valence-electron chi connectivity index (χ2n) is 5.38. The number of aromatic hydroxyl groups is 1. The fourth-order valence-electron chi connectivity index (χ4n) is 2.53. The molecule has 0 fully saturated rings. The molecule has 0 radical (unpaired) electrons. The molecule has 23 heavy (non-hydrogen) atoms. The van der Waals surface area contributed by atoms with Gasteiger partial charge in [0.1, 0.15) is 5.75 Å². The molecule has 2 aromatic rings. The summed E-state index contributed by atoms with van der Waals surface area (Å²) in [5.74, 6) is 0.235. The van der Waals surface area contributed by atoms with Crippen molar-refractivity contribution in [3.05, 3.63) is 64.2 Å². The van der Waals surface area contributed by atoms with Gasteiger partial charge in [0.25, 0.3) is 0 Å². The van der Waals surface area contributed by atoms with Crippen molar-refractivity contribution in [3.63, 3.8) is 0 Å². The molecule has 0 atom stereocenters. The number of phenols is 1. The number of allylic oxidation sites excluding steroid dienone is 1. The number of thioether (sulfide) groups is 1. The molecule has 5 heteroatoms. The molecule has 0 aliphatic carbocycles. The van der Waals surface area contributed by atoms with Crippen LogP contribution < -0.4 is 4.90 Å². The van der Waals surface area contributed by atoms with Gasteiger partial charge in [0.15, 0.2) is 5.78 Å². The molecule has 2 aromatic carbocycles. The largest absolute Gasteiger partial charge is 0.508 e. The molecule has 0 unspecified atom stereocenters. The van der Waals surface area contributed by atoms with Gasteiger partial charge in [-0.2, -0.15) is 0 Å². The highest BCUT2D eigenvalue weighted by molar-refractivity contribution is 8.03. The summed E-state index contributed by atoms with van der Waals surface area (Å²) in [6.45, 7) is 2.26. The molecule has 0 aromatic heterocycles. The number of benzene rings is 2. The average Bonchev–Trinajstić information content (AvgIpc) is 2.81. The maximum atomic E-state index is 11.5. The third-order valence-electron chi connectivity index (χ3n) is 3.55. The molecule has 118 valence electrons. The third-order valence-corrected chi connectivity index (χ3v) is 4.90. The van der Waals surface area contributed by atoms with Crippen molar-refractivity contribution in [3.8, 4) is 5.75 Å². The smallest absolute Gasteiger partial charge is 0.155 e. The zero-order chi connectivity index (χ0) is 16.4. The third kappa shape index (κ3) is 3.71. The molecular formula is C18H16ClNO2S. The molecule has 0 saturated carbocycles. The number of anilines is 1. The normalized spacial score (nSPS) is 15.0. The Balaban J connectivity index is 1.87. The minimum Gasteiger partial charge on any atom is -0.508 e. The first-order valence-corrected chi connectivity index (χ1v) is 8.47. The van der Waals surface area contributed by atoms with E-state index in [2.05, 4.69) is 4.90 Å². The van der Waals surface area contributed by atoms with Gasteiger partial charge in [0.05, 0.1) is 10.7 Å². The summed E-state index contributed by atoms with van der Waals surface area (Å²) in [5.41, 5.74) is 2.07. The van der Waals surface area contributed by atoms with Crippen molar-refractivity contribution in [2.24, 2.45) is 0 Å². The Hall–Kier alpha value is -1.91. The minimum absolute atomic E-state index is 0.0114. The zero-order valence-corrected chi connectivity index (χ0v) is 14.2. The summed E-state index contributed by atoms with van der Waals surface area (Å²) in [6.07, 6.45) is 2.44. The van der Waals surface area contributed by atoms with Crippen LogP contribution in [0.25, 0.3) is 0 Å². The number of carbonyl (C=O) groups excluding carboxylic acids is 1. The number of nitrogens with zero attached hydrogens (tertiary/aromatic N) is 1. The average molecular weight is 346 g/mol. The molecule has 0 saturated heterocycles. The minimum atomic E-state index is 0.0114. The van der Waals surface area contributed by atoms with Crippen LogP contribution in [0.4, 0.5) is 5.69 Å².